The molecule has 1 unspecified atom stereocenters. The molecule has 1 atom stereocenters. The van der Waals surface area contributed by atoms with E-state index in [1.54, 1.807) is 7.05 Å². The molecule has 0 saturated carbocycles. The summed E-state index contributed by atoms with van der Waals surface area (Å²) in [5, 5.41) is 6.35. The monoisotopic (exact) mass is 388 g/mol. The van der Waals surface area contributed by atoms with Gasteiger partial charge >= 0.3 is 0 Å². The number of nitrogens with zero attached hydrogens (tertiary/aromatic N) is 2. The predicted molar refractivity (Wildman–Crippen MR) is 109 cm³/mol. The zero-order valence-corrected chi connectivity index (χ0v) is 16.8. The lowest BCUT2D eigenvalue weighted by Crippen LogP contribution is -2.46. The molecule has 2 heterocycles. The molecule has 0 aromatic heterocycles. The minimum Gasteiger partial charge on any atom is -0.381 e. The summed E-state index contributed by atoms with van der Waals surface area (Å²) in [4.78, 5) is 18.6. The molecule has 2 N–H and O–H groups in total. The van der Waals surface area contributed by atoms with Crippen LogP contribution in [0.5, 0.6) is 0 Å². The summed E-state index contributed by atoms with van der Waals surface area (Å²) in [6.45, 7) is 5.64. The van der Waals surface area contributed by atoms with E-state index < -0.39 is 0 Å². The second-order valence-electron chi connectivity index (χ2n) is 7.34. The van der Waals surface area contributed by atoms with Gasteiger partial charge in [-0.2, -0.15) is 0 Å². The molecule has 0 bridgehead atoms. The van der Waals surface area contributed by atoms with E-state index in [0.29, 0.717) is 25.0 Å². The van der Waals surface area contributed by atoms with Crippen molar-refractivity contribution in [3.05, 3.63) is 35.4 Å². The van der Waals surface area contributed by atoms with Crippen LogP contribution in [0.25, 0.3) is 0 Å². The first-order chi connectivity index (χ1) is 13.8. The van der Waals surface area contributed by atoms with Crippen molar-refractivity contribution in [3.63, 3.8) is 0 Å². The van der Waals surface area contributed by atoms with Crippen molar-refractivity contribution in [1.29, 1.82) is 0 Å². The topological polar surface area (TPSA) is 75.2 Å². The summed E-state index contributed by atoms with van der Waals surface area (Å²) in [6, 6.07) is 8.33. The number of rotatable bonds is 8. The average molecular weight is 389 g/mol. The molecule has 3 rings (SSSR count). The zero-order chi connectivity index (χ0) is 19.6. The first-order valence-electron chi connectivity index (χ1n) is 10.2. The van der Waals surface area contributed by atoms with Crippen molar-refractivity contribution < 1.29 is 14.3 Å². The number of benzene rings is 1. The van der Waals surface area contributed by atoms with Crippen LogP contribution in [0.4, 0.5) is 0 Å². The van der Waals surface area contributed by atoms with Crippen molar-refractivity contribution in [1.82, 2.24) is 15.5 Å². The zero-order valence-electron chi connectivity index (χ0n) is 16.8. The van der Waals surface area contributed by atoms with Crippen molar-refractivity contribution in [2.24, 2.45) is 10.9 Å². The van der Waals surface area contributed by atoms with Gasteiger partial charge in [0.25, 0.3) is 0 Å². The Bertz CT molecular complexity index is 659. The van der Waals surface area contributed by atoms with Gasteiger partial charge in [-0.15, -0.1) is 0 Å². The second-order valence-corrected chi connectivity index (χ2v) is 7.34. The molecule has 7 heteroatoms. The molecule has 0 aliphatic carbocycles. The fourth-order valence-corrected chi connectivity index (χ4v) is 3.55. The van der Waals surface area contributed by atoms with Gasteiger partial charge in [-0.05, 0) is 30.4 Å². The van der Waals surface area contributed by atoms with Crippen LogP contribution in [-0.4, -0.2) is 69.9 Å². The predicted octanol–water partition coefficient (Wildman–Crippen LogP) is 1.18. The number of hydrogen-bond donors (Lipinski definition) is 2. The second kappa shape index (κ2) is 11.0. The molecule has 0 radical (unpaired) electrons. The van der Waals surface area contributed by atoms with Crippen LogP contribution in [-0.2, 0) is 27.2 Å². The number of guanidine groups is 1. The van der Waals surface area contributed by atoms with Crippen LogP contribution in [0, 0.1) is 5.92 Å². The molecular formula is C21H32N4O3. The lowest BCUT2D eigenvalue weighted by atomic mass is 10.00. The van der Waals surface area contributed by atoms with Crippen molar-refractivity contribution >= 4 is 11.9 Å². The van der Waals surface area contributed by atoms with Crippen LogP contribution in [0.3, 0.4) is 0 Å². The number of hydrogen-bond acceptors (Lipinski definition) is 4. The van der Waals surface area contributed by atoms with Gasteiger partial charge in [0.05, 0.1) is 19.8 Å². The normalized spacial score (nSPS) is 19.4. The van der Waals surface area contributed by atoms with Gasteiger partial charge in [0.1, 0.15) is 0 Å². The third-order valence-electron chi connectivity index (χ3n) is 5.25. The highest BCUT2D eigenvalue weighted by Crippen LogP contribution is 2.18. The van der Waals surface area contributed by atoms with E-state index in [0.717, 1.165) is 52.2 Å². The summed E-state index contributed by atoms with van der Waals surface area (Å²) < 4.78 is 11.0. The highest BCUT2D eigenvalue weighted by atomic mass is 16.5. The molecule has 1 aromatic rings. The number of ether oxygens (including phenoxy) is 2. The third-order valence-corrected chi connectivity index (χ3v) is 5.25. The Hall–Kier alpha value is -2.12. The molecule has 1 saturated heterocycles. The summed E-state index contributed by atoms with van der Waals surface area (Å²) >= 11 is 0. The smallest absolute Gasteiger partial charge is 0.242 e. The SMILES string of the molecule is CN=C(NCCCOCC1CCOC1)NCC(=O)N1CCc2ccccc2C1. The average Bonchev–Trinajstić information content (AvgIpc) is 3.25. The fourth-order valence-electron chi connectivity index (χ4n) is 3.55. The maximum atomic E-state index is 12.5. The number of amides is 1. The van der Waals surface area contributed by atoms with E-state index >= 15 is 0 Å². The molecule has 1 fully saturated rings. The highest BCUT2D eigenvalue weighted by Gasteiger charge is 2.20. The standard InChI is InChI=1S/C21H32N4O3/c1-22-21(23-9-4-11-27-15-17-8-12-28-16-17)24-13-20(26)25-10-7-18-5-2-3-6-19(18)14-25/h2-3,5-6,17H,4,7-16H2,1H3,(H2,22,23,24). The van der Waals surface area contributed by atoms with E-state index in [1.807, 2.05) is 11.0 Å². The number of aliphatic imine (C=N–C) groups is 1. The van der Waals surface area contributed by atoms with Gasteiger partial charge in [-0.3, -0.25) is 9.79 Å². The molecule has 1 aromatic carbocycles. The quantitative estimate of drug-likeness (QED) is 0.397. The van der Waals surface area contributed by atoms with E-state index in [9.17, 15) is 4.79 Å². The van der Waals surface area contributed by atoms with Crippen LogP contribution in [0.1, 0.15) is 24.0 Å². The summed E-state index contributed by atoms with van der Waals surface area (Å²) in [6.07, 6.45) is 2.92. The molecule has 2 aliphatic heterocycles. The first kappa shape index (κ1) is 20.6. The molecule has 7 nitrogen and oxygen atoms in total. The lowest BCUT2D eigenvalue weighted by Gasteiger charge is -2.29. The van der Waals surface area contributed by atoms with Crippen molar-refractivity contribution in [2.45, 2.75) is 25.8 Å². The van der Waals surface area contributed by atoms with E-state index in [1.165, 1.54) is 11.1 Å². The molecule has 2 aliphatic rings. The first-order valence-corrected chi connectivity index (χ1v) is 10.2. The molecule has 28 heavy (non-hydrogen) atoms. The van der Waals surface area contributed by atoms with Crippen LogP contribution < -0.4 is 10.6 Å². The number of fused-ring (bicyclic) bond motifs is 1. The Balaban J connectivity index is 1.29. The van der Waals surface area contributed by atoms with Gasteiger partial charge in [0.15, 0.2) is 5.96 Å². The maximum Gasteiger partial charge on any atom is 0.242 e. The van der Waals surface area contributed by atoms with Crippen LogP contribution in [0.2, 0.25) is 0 Å². The Kier molecular flexibility index (Phi) is 8.11. The van der Waals surface area contributed by atoms with Gasteiger partial charge in [-0.1, -0.05) is 24.3 Å². The summed E-state index contributed by atoms with van der Waals surface area (Å²) in [7, 11) is 1.72. The molecular weight excluding hydrogens is 356 g/mol. The lowest BCUT2D eigenvalue weighted by molar-refractivity contribution is -0.130. The summed E-state index contributed by atoms with van der Waals surface area (Å²) in [5.74, 6) is 1.30. The number of carbonyl (C=O) groups is 1. The largest absolute Gasteiger partial charge is 0.381 e. The Morgan fingerprint density at radius 3 is 2.96 bits per heavy atom. The Labute approximate surface area is 167 Å². The van der Waals surface area contributed by atoms with Crippen LogP contribution in [0.15, 0.2) is 29.3 Å². The van der Waals surface area contributed by atoms with Crippen molar-refractivity contribution in [3.8, 4) is 0 Å². The minimum absolute atomic E-state index is 0.0968. The van der Waals surface area contributed by atoms with Crippen LogP contribution >= 0.6 is 0 Å². The van der Waals surface area contributed by atoms with Crippen molar-refractivity contribution in [2.75, 3.05) is 53.1 Å². The fraction of sp³-hybridized carbons (Fsp3) is 0.619. The maximum absolute atomic E-state index is 12.5. The van der Waals surface area contributed by atoms with Gasteiger partial charge < -0.3 is 25.0 Å². The van der Waals surface area contributed by atoms with E-state index in [-0.39, 0.29) is 12.5 Å². The van der Waals surface area contributed by atoms with Gasteiger partial charge in [0.2, 0.25) is 5.91 Å². The number of carbonyl (C=O) groups excluding carboxylic acids is 1. The molecule has 1 amide bonds. The Morgan fingerprint density at radius 1 is 1.32 bits per heavy atom. The highest BCUT2D eigenvalue weighted by molar-refractivity contribution is 5.86. The number of nitrogens with one attached hydrogen (secondary N) is 2. The molecule has 0 spiro atoms. The molecule has 154 valence electrons. The minimum atomic E-state index is 0.0968. The summed E-state index contributed by atoms with van der Waals surface area (Å²) in [5.41, 5.74) is 2.59. The van der Waals surface area contributed by atoms with E-state index in [4.69, 9.17) is 9.47 Å². The Morgan fingerprint density at radius 2 is 2.18 bits per heavy atom. The van der Waals surface area contributed by atoms with E-state index in [2.05, 4.69) is 33.8 Å². The van der Waals surface area contributed by atoms with Gasteiger partial charge in [-0.25, -0.2) is 0 Å². The van der Waals surface area contributed by atoms with Gasteiger partial charge in [0, 0.05) is 45.8 Å². The third kappa shape index (κ3) is 6.21.